The minimum absolute atomic E-state index is 0.0887. The van der Waals surface area contributed by atoms with Gasteiger partial charge < -0.3 is 29.1 Å². The van der Waals surface area contributed by atoms with Crippen molar-refractivity contribution in [1.82, 2.24) is 9.55 Å². The highest BCUT2D eigenvalue weighted by atomic mass is 16.6. The summed E-state index contributed by atoms with van der Waals surface area (Å²) < 4.78 is 17.3. The van der Waals surface area contributed by atoms with E-state index < -0.39 is 43.1 Å². The van der Waals surface area contributed by atoms with Crippen LogP contribution in [0, 0.1) is 0 Å². The first-order valence-corrected chi connectivity index (χ1v) is 6.78. The molecule has 10 nitrogen and oxygen atoms in total. The first-order chi connectivity index (χ1) is 11.0. The van der Waals surface area contributed by atoms with Gasteiger partial charge in [0.15, 0.2) is 24.1 Å². The molecule has 0 radical (unpaired) electrons. The molecule has 4 atom stereocenters. The zero-order valence-electron chi connectivity index (χ0n) is 12.5. The summed E-state index contributed by atoms with van der Waals surface area (Å²) in [5, 5.41) is 22.0. The third-order valence-electron chi connectivity index (χ3n) is 3.20. The minimum Gasteiger partial charge on any atom is -0.455 e. The second kappa shape index (κ2) is 7.20. The van der Waals surface area contributed by atoms with E-state index in [0.29, 0.717) is 0 Å². The summed E-state index contributed by atoms with van der Waals surface area (Å²) in [7, 11) is 0. The van der Waals surface area contributed by atoms with Crippen molar-refractivity contribution in [3.05, 3.63) is 18.7 Å². The molecule has 0 saturated carbocycles. The normalized spacial score (nSPS) is 29.3. The van der Waals surface area contributed by atoms with Crippen molar-refractivity contribution in [2.75, 3.05) is 6.61 Å². The fraction of sp³-hybridized carbons (Fsp3) is 0.538. The Morgan fingerprint density at radius 2 is 2.09 bits per heavy atom. The lowest BCUT2D eigenvalue weighted by Crippen LogP contribution is -2.57. The Labute approximate surface area is 131 Å². The smallest absolute Gasteiger partial charge is 0.303 e. The number of nitrogens with zero attached hydrogens (tertiary/aromatic N) is 3. The van der Waals surface area contributed by atoms with Crippen molar-refractivity contribution in [2.45, 2.75) is 38.4 Å². The molecular formula is C13H17N3O7. The molecule has 0 aromatic carbocycles. The van der Waals surface area contributed by atoms with E-state index in [-0.39, 0.29) is 5.71 Å². The summed E-state index contributed by atoms with van der Waals surface area (Å²) in [6, 6.07) is 0. The Hall–Kier alpha value is -2.46. The lowest BCUT2D eigenvalue weighted by molar-refractivity contribution is -0.191. The zero-order valence-corrected chi connectivity index (χ0v) is 12.5. The number of rotatable bonds is 4. The molecular weight excluding hydrogens is 310 g/mol. The van der Waals surface area contributed by atoms with Gasteiger partial charge in [0.05, 0.1) is 12.9 Å². The Bertz CT molecular complexity index is 586. The van der Waals surface area contributed by atoms with E-state index in [1.807, 2.05) is 0 Å². The van der Waals surface area contributed by atoms with Gasteiger partial charge in [0, 0.05) is 26.2 Å². The maximum absolute atomic E-state index is 11.4. The highest BCUT2D eigenvalue weighted by Crippen LogP contribution is 2.29. The highest BCUT2D eigenvalue weighted by Gasteiger charge is 2.48. The highest BCUT2D eigenvalue weighted by molar-refractivity contribution is 5.93. The molecule has 2 N–H and O–H groups in total. The number of aliphatic hydroxyl groups excluding tert-OH is 1. The second-order valence-electron chi connectivity index (χ2n) is 4.85. The molecule has 1 aliphatic heterocycles. The van der Waals surface area contributed by atoms with Gasteiger partial charge in [-0.3, -0.25) is 9.59 Å². The van der Waals surface area contributed by atoms with Gasteiger partial charge >= 0.3 is 11.9 Å². The van der Waals surface area contributed by atoms with E-state index in [1.165, 1.54) is 17.1 Å². The number of hydrogen-bond acceptors (Lipinski definition) is 9. The van der Waals surface area contributed by atoms with Crippen LogP contribution in [-0.4, -0.2) is 62.4 Å². The van der Waals surface area contributed by atoms with Gasteiger partial charge in [0.2, 0.25) is 0 Å². The van der Waals surface area contributed by atoms with E-state index in [1.54, 1.807) is 6.20 Å². The SMILES string of the molecule is CC(=O)O[C@H]1[C@H](OC(C)=O)/C(=N/O)[C@H](n2ccnc2)O[C@@H]1CO. The average molecular weight is 327 g/mol. The zero-order chi connectivity index (χ0) is 17.0. The molecule has 1 aromatic heterocycles. The molecule has 1 aromatic rings. The number of ether oxygens (including phenoxy) is 3. The summed E-state index contributed by atoms with van der Waals surface area (Å²) in [5.74, 6) is -1.33. The summed E-state index contributed by atoms with van der Waals surface area (Å²) in [6.07, 6.45) is 0.108. The number of imidazole rings is 1. The summed E-state index contributed by atoms with van der Waals surface area (Å²) in [5.41, 5.74) is -0.0887. The Morgan fingerprint density at radius 3 is 2.57 bits per heavy atom. The van der Waals surface area contributed by atoms with Crippen molar-refractivity contribution in [3.63, 3.8) is 0 Å². The van der Waals surface area contributed by atoms with Crippen molar-refractivity contribution in [2.24, 2.45) is 5.16 Å². The quantitative estimate of drug-likeness (QED) is 0.428. The molecule has 0 bridgehead atoms. The lowest BCUT2D eigenvalue weighted by Gasteiger charge is -2.40. The van der Waals surface area contributed by atoms with Crippen molar-refractivity contribution in [3.8, 4) is 0 Å². The van der Waals surface area contributed by atoms with Crippen LogP contribution < -0.4 is 0 Å². The van der Waals surface area contributed by atoms with Crippen molar-refractivity contribution in [1.29, 1.82) is 0 Å². The number of aromatic nitrogens is 2. The third kappa shape index (κ3) is 3.66. The number of carbonyl (C=O) groups excluding carboxylic acids is 2. The van der Waals surface area contributed by atoms with Crippen molar-refractivity contribution < 1.29 is 34.1 Å². The number of oxime groups is 1. The van der Waals surface area contributed by atoms with Gasteiger partial charge in [-0.15, -0.1) is 0 Å². The van der Waals surface area contributed by atoms with E-state index in [2.05, 4.69) is 10.1 Å². The van der Waals surface area contributed by atoms with Crippen molar-refractivity contribution >= 4 is 17.7 Å². The summed E-state index contributed by atoms with van der Waals surface area (Å²) in [6.45, 7) is 1.83. The number of hydrogen-bond donors (Lipinski definition) is 2. The van der Waals surface area contributed by atoms with Gasteiger partial charge in [0.1, 0.15) is 6.10 Å². The molecule has 1 saturated heterocycles. The molecule has 2 heterocycles. The van der Waals surface area contributed by atoms with Crippen LogP contribution in [-0.2, 0) is 23.8 Å². The topological polar surface area (TPSA) is 132 Å². The van der Waals surface area contributed by atoms with Crippen LogP contribution in [0.1, 0.15) is 20.1 Å². The van der Waals surface area contributed by atoms with E-state index in [9.17, 15) is 19.9 Å². The standard InChI is InChI=1S/C13H17N3O7/c1-7(18)21-11-9(5-17)23-13(16-4-3-14-6-16)10(15-20)12(11)22-8(2)19/h3-4,6,9,11-13,17,20H,5H2,1-2H3/b15-10-/t9-,11-,12-,13-/m1/s1. The lowest BCUT2D eigenvalue weighted by atomic mass is 9.98. The van der Waals surface area contributed by atoms with Crippen LogP contribution in [0.15, 0.2) is 23.9 Å². The van der Waals surface area contributed by atoms with Crippen LogP contribution in [0.25, 0.3) is 0 Å². The molecule has 0 spiro atoms. The molecule has 10 heteroatoms. The van der Waals surface area contributed by atoms with Gasteiger partial charge in [-0.1, -0.05) is 5.16 Å². The minimum atomic E-state index is -1.21. The summed E-state index contributed by atoms with van der Waals surface area (Å²) in [4.78, 5) is 26.5. The predicted molar refractivity (Wildman–Crippen MR) is 73.6 cm³/mol. The Kier molecular flexibility index (Phi) is 5.29. The Balaban J connectivity index is 2.41. The average Bonchev–Trinajstić information content (AvgIpc) is 3.01. The summed E-state index contributed by atoms with van der Waals surface area (Å²) >= 11 is 0. The largest absolute Gasteiger partial charge is 0.455 e. The molecule has 1 aliphatic rings. The fourth-order valence-electron chi connectivity index (χ4n) is 2.34. The van der Waals surface area contributed by atoms with Gasteiger partial charge in [-0.2, -0.15) is 0 Å². The van der Waals surface area contributed by atoms with E-state index >= 15 is 0 Å². The molecule has 0 aliphatic carbocycles. The maximum Gasteiger partial charge on any atom is 0.303 e. The molecule has 0 unspecified atom stereocenters. The van der Waals surface area contributed by atoms with Gasteiger partial charge in [-0.05, 0) is 0 Å². The van der Waals surface area contributed by atoms with E-state index in [0.717, 1.165) is 13.8 Å². The van der Waals surface area contributed by atoms with Crippen LogP contribution in [0.4, 0.5) is 0 Å². The second-order valence-corrected chi connectivity index (χ2v) is 4.85. The third-order valence-corrected chi connectivity index (χ3v) is 3.20. The Morgan fingerprint density at radius 1 is 1.39 bits per heavy atom. The molecule has 1 fully saturated rings. The van der Waals surface area contributed by atoms with E-state index in [4.69, 9.17) is 14.2 Å². The van der Waals surface area contributed by atoms with Crippen LogP contribution in [0.2, 0.25) is 0 Å². The van der Waals surface area contributed by atoms with Gasteiger partial charge in [-0.25, -0.2) is 4.98 Å². The van der Waals surface area contributed by atoms with Gasteiger partial charge in [0.25, 0.3) is 0 Å². The number of aliphatic hydroxyl groups is 1. The number of carbonyl (C=O) groups is 2. The molecule has 0 amide bonds. The maximum atomic E-state index is 11.4. The monoisotopic (exact) mass is 327 g/mol. The predicted octanol–water partition coefficient (Wildman–Crippen LogP) is -0.534. The van der Waals surface area contributed by atoms with Crippen LogP contribution >= 0.6 is 0 Å². The molecule has 126 valence electrons. The van der Waals surface area contributed by atoms with Crippen LogP contribution in [0.3, 0.4) is 0 Å². The fourth-order valence-corrected chi connectivity index (χ4v) is 2.34. The first kappa shape index (κ1) is 16.9. The molecule has 2 rings (SSSR count). The first-order valence-electron chi connectivity index (χ1n) is 6.78. The number of esters is 2. The molecule has 23 heavy (non-hydrogen) atoms. The van der Waals surface area contributed by atoms with Crippen LogP contribution in [0.5, 0.6) is 0 Å².